The van der Waals surface area contributed by atoms with E-state index in [1.165, 1.54) is 16.9 Å². The lowest BCUT2D eigenvalue weighted by molar-refractivity contribution is -0.141. The summed E-state index contributed by atoms with van der Waals surface area (Å²) in [6.07, 6.45) is 2.76. The monoisotopic (exact) mass is 298 g/mol. The van der Waals surface area contributed by atoms with E-state index in [0.29, 0.717) is 11.3 Å². The number of hydrogen-bond acceptors (Lipinski definition) is 3. The van der Waals surface area contributed by atoms with Crippen LogP contribution in [0.1, 0.15) is 38.3 Å². The minimum Gasteiger partial charge on any atom is -0.366 e. The van der Waals surface area contributed by atoms with Gasteiger partial charge in [0.2, 0.25) is 0 Å². The average Bonchev–Trinajstić information content (AvgIpc) is 2.86. The lowest BCUT2D eigenvalue weighted by Crippen LogP contribution is -2.25. The molecule has 0 spiro atoms. The molecule has 0 amide bonds. The predicted molar refractivity (Wildman–Crippen MR) is 73.0 cm³/mol. The summed E-state index contributed by atoms with van der Waals surface area (Å²) in [5.41, 5.74) is -0.528. The van der Waals surface area contributed by atoms with Crippen molar-refractivity contribution in [3.63, 3.8) is 0 Å². The molecule has 0 radical (unpaired) electrons. The van der Waals surface area contributed by atoms with Crippen LogP contribution in [-0.2, 0) is 6.18 Å². The van der Waals surface area contributed by atoms with Crippen molar-refractivity contribution in [2.45, 2.75) is 44.8 Å². The Balaban J connectivity index is 1.86. The van der Waals surface area contributed by atoms with E-state index in [1.807, 2.05) is 0 Å². The topological polar surface area (TPSA) is 42.2 Å². The second-order valence-corrected chi connectivity index (χ2v) is 5.73. The summed E-state index contributed by atoms with van der Waals surface area (Å²) in [4.78, 5) is 4.18. The third-order valence-electron chi connectivity index (χ3n) is 4.04. The summed E-state index contributed by atoms with van der Waals surface area (Å²) in [7, 11) is 0. The Kier molecular flexibility index (Phi) is 3.51. The van der Waals surface area contributed by atoms with Crippen molar-refractivity contribution in [1.29, 1.82) is 0 Å². The van der Waals surface area contributed by atoms with Gasteiger partial charge in [-0.15, -0.1) is 0 Å². The fourth-order valence-electron chi connectivity index (χ4n) is 2.77. The van der Waals surface area contributed by atoms with E-state index in [4.69, 9.17) is 0 Å². The average molecular weight is 298 g/mol. The van der Waals surface area contributed by atoms with Gasteiger partial charge in [0, 0.05) is 24.5 Å². The normalized spacial score (nSPS) is 23.4. The summed E-state index contributed by atoms with van der Waals surface area (Å²) in [5, 5.41) is 6.83. The molecule has 4 nitrogen and oxygen atoms in total. The third-order valence-corrected chi connectivity index (χ3v) is 4.04. The van der Waals surface area contributed by atoms with Crippen LogP contribution in [0.25, 0.3) is 5.52 Å². The molecule has 2 aromatic heterocycles. The van der Waals surface area contributed by atoms with Crippen molar-refractivity contribution >= 4 is 11.3 Å². The molecule has 114 valence electrons. The second-order valence-electron chi connectivity index (χ2n) is 5.73. The van der Waals surface area contributed by atoms with Crippen LogP contribution in [0.3, 0.4) is 0 Å². The smallest absolute Gasteiger partial charge is 0.366 e. The first-order valence-corrected chi connectivity index (χ1v) is 7.11. The lowest BCUT2D eigenvalue weighted by atomic mass is 9.87. The van der Waals surface area contributed by atoms with Gasteiger partial charge in [-0.2, -0.15) is 18.3 Å². The van der Waals surface area contributed by atoms with Gasteiger partial charge in [-0.25, -0.2) is 9.50 Å². The highest BCUT2D eigenvalue weighted by atomic mass is 19.4. The van der Waals surface area contributed by atoms with Crippen LogP contribution in [0.15, 0.2) is 18.5 Å². The molecule has 3 rings (SSSR count). The molecular formula is C14H17F3N4. The molecule has 1 aliphatic carbocycles. The number of aromatic nitrogens is 3. The van der Waals surface area contributed by atoms with Crippen LogP contribution in [-0.4, -0.2) is 20.6 Å². The van der Waals surface area contributed by atoms with Gasteiger partial charge in [-0.3, -0.25) is 0 Å². The van der Waals surface area contributed by atoms with E-state index >= 15 is 0 Å². The van der Waals surface area contributed by atoms with Crippen LogP contribution in [0.5, 0.6) is 0 Å². The van der Waals surface area contributed by atoms with Gasteiger partial charge in [0.15, 0.2) is 11.5 Å². The van der Waals surface area contributed by atoms with Crippen LogP contribution < -0.4 is 5.32 Å². The highest BCUT2D eigenvalue weighted by Gasteiger charge is 2.34. The Morgan fingerprint density at radius 3 is 2.62 bits per heavy atom. The maximum atomic E-state index is 12.7. The summed E-state index contributed by atoms with van der Waals surface area (Å²) >= 11 is 0. The number of anilines is 1. The van der Waals surface area contributed by atoms with Crippen LogP contribution in [0.2, 0.25) is 0 Å². The summed E-state index contributed by atoms with van der Waals surface area (Å²) < 4.78 is 39.5. The van der Waals surface area contributed by atoms with Gasteiger partial charge < -0.3 is 5.32 Å². The van der Waals surface area contributed by atoms with Crippen LogP contribution >= 0.6 is 0 Å². The van der Waals surface area contributed by atoms with E-state index in [1.54, 1.807) is 0 Å². The van der Waals surface area contributed by atoms with E-state index in [9.17, 15) is 13.2 Å². The Hall–Kier alpha value is -1.79. The maximum Gasteiger partial charge on any atom is 0.435 e. The van der Waals surface area contributed by atoms with Gasteiger partial charge in [-0.05, 0) is 31.6 Å². The molecule has 2 heterocycles. The molecule has 0 atom stereocenters. The van der Waals surface area contributed by atoms with Crippen LogP contribution in [0, 0.1) is 5.92 Å². The molecule has 0 aliphatic heterocycles. The number of fused-ring (bicyclic) bond motifs is 1. The third kappa shape index (κ3) is 2.96. The van der Waals surface area contributed by atoms with Gasteiger partial charge in [0.1, 0.15) is 5.52 Å². The standard InChI is InChI=1S/C14H17F3N4/c1-9-2-4-10(5-3-9)19-13-11-8-12(14(15,16)17)20-21(11)7-6-18-13/h6-10H,2-5H2,1H3,(H,18,19). The van der Waals surface area contributed by atoms with Crippen molar-refractivity contribution in [3.8, 4) is 0 Å². The van der Waals surface area contributed by atoms with Crippen molar-refractivity contribution in [2.24, 2.45) is 5.92 Å². The highest BCUT2D eigenvalue weighted by molar-refractivity contribution is 5.68. The molecule has 1 N–H and O–H groups in total. The SMILES string of the molecule is CC1CCC(Nc2nccn3nc(C(F)(F)F)cc23)CC1. The zero-order valence-electron chi connectivity index (χ0n) is 11.7. The molecule has 1 fully saturated rings. The molecule has 2 aromatic rings. The van der Waals surface area contributed by atoms with Crippen molar-refractivity contribution < 1.29 is 13.2 Å². The summed E-state index contributed by atoms with van der Waals surface area (Å²) in [6.45, 7) is 2.22. The molecule has 0 aromatic carbocycles. The van der Waals surface area contributed by atoms with E-state index in [0.717, 1.165) is 37.7 Å². The predicted octanol–water partition coefficient (Wildman–Crippen LogP) is 3.74. The minimum absolute atomic E-state index is 0.268. The number of rotatable bonds is 2. The molecule has 1 saturated carbocycles. The van der Waals surface area contributed by atoms with Gasteiger partial charge >= 0.3 is 6.18 Å². The molecule has 0 saturated heterocycles. The number of nitrogens with one attached hydrogen (secondary N) is 1. The Morgan fingerprint density at radius 1 is 1.24 bits per heavy atom. The largest absolute Gasteiger partial charge is 0.435 e. The maximum absolute atomic E-state index is 12.7. The molecular weight excluding hydrogens is 281 g/mol. The Labute approximate surface area is 120 Å². The molecule has 1 aliphatic rings. The summed E-state index contributed by atoms with van der Waals surface area (Å²) in [5.74, 6) is 1.19. The molecule has 0 bridgehead atoms. The first-order chi connectivity index (χ1) is 9.93. The number of hydrogen-bond donors (Lipinski definition) is 1. The van der Waals surface area contributed by atoms with Gasteiger partial charge in [0.25, 0.3) is 0 Å². The van der Waals surface area contributed by atoms with Crippen molar-refractivity contribution in [3.05, 3.63) is 24.2 Å². The zero-order chi connectivity index (χ0) is 15.0. The van der Waals surface area contributed by atoms with Crippen molar-refractivity contribution in [1.82, 2.24) is 14.6 Å². The first kappa shape index (κ1) is 14.2. The quantitative estimate of drug-likeness (QED) is 0.918. The molecule has 7 heteroatoms. The highest BCUT2D eigenvalue weighted by Crippen LogP contribution is 2.31. The lowest BCUT2D eigenvalue weighted by Gasteiger charge is -2.27. The minimum atomic E-state index is -4.44. The van der Waals surface area contributed by atoms with E-state index < -0.39 is 11.9 Å². The molecule has 0 unspecified atom stereocenters. The van der Waals surface area contributed by atoms with E-state index in [-0.39, 0.29) is 6.04 Å². The Bertz CT molecular complexity index is 627. The first-order valence-electron chi connectivity index (χ1n) is 7.11. The summed E-state index contributed by atoms with van der Waals surface area (Å²) in [6, 6.07) is 1.31. The van der Waals surface area contributed by atoms with Gasteiger partial charge in [0.05, 0.1) is 0 Å². The fourth-order valence-corrected chi connectivity index (χ4v) is 2.77. The number of alkyl halides is 3. The number of halogens is 3. The van der Waals surface area contributed by atoms with Crippen LogP contribution in [0.4, 0.5) is 19.0 Å². The van der Waals surface area contributed by atoms with E-state index in [2.05, 4.69) is 22.3 Å². The zero-order valence-corrected chi connectivity index (χ0v) is 11.7. The fraction of sp³-hybridized carbons (Fsp3) is 0.571. The molecule has 21 heavy (non-hydrogen) atoms. The van der Waals surface area contributed by atoms with Crippen molar-refractivity contribution in [2.75, 3.05) is 5.32 Å². The Morgan fingerprint density at radius 2 is 1.95 bits per heavy atom. The number of nitrogens with zero attached hydrogens (tertiary/aromatic N) is 3. The van der Waals surface area contributed by atoms with Gasteiger partial charge in [-0.1, -0.05) is 6.92 Å². The second kappa shape index (κ2) is 5.20.